The number of ether oxygens (including phenoxy) is 2. The van der Waals surface area contributed by atoms with Crippen molar-refractivity contribution in [3.8, 4) is 22.6 Å². The molecule has 0 saturated heterocycles. The maximum absolute atomic E-state index is 13.3. The third-order valence-electron chi connectivity index (χ3n) is 4.46. The van der Waals surface area contributed by atoms with Gasteiger partial charge in [-0.15, -0.1) is 11.3 Å². The summed E-state index contributed by atoms with van der Waals surface area (Å²) in [4.78, 5) is 9.67. The zero-order valence-corrected chi connectivity index (χ0v) is 16.2. The van der Waals surface area contributed by atoms with Crippen LogP contribution in [0.5, 0.6) is 11.5 Å². The SMILES string of the molecule is COc1ccc(OC)c(CNc2ncnc3scc(-c4ccc(F)cc4)c23)c1. The number of nitrogens with one attached hydrogen (secondary N) is 1. The lowest BCUT2D eigenvalue weighted by atomic mass is 10.1. The number of hydrogen-bond donors (Lipinski definition) is 1. The molecule has 2 heterocycles. The molecule has 5 nitrogen and oxygen atoms in total. The molecule has 0 radical (unpaired) electrons. The van der Waals surface area contributed by atoms with Crippen LogP contribution in [0.25, 0.3) is 21.3 Å². The predicted octanol–water partition coefficient (Wildman–Crippen LogP) is 5.13. The third-order valence-corrected chi connectivity index (χ3v) is 5.35. The highest BCUT2D eigenvalue weighted by atomic mass is 32.1. The molecule has 7 heteroatoms. The monoisotopic (exact) mass is 395 g/mol. The summed E-state index contributed by atoms with van der Waals surface area (Å²) in [5, 5.41) is 6.32. The van der Waals surface area contributed by atoms with Crippen LogP contribution >= 0.6 is 11.3 Å². The van der Waals surface area contributed by atoms with Gasteiger partial charge in [0.05, 0.1) is 19.6 Å². The Bertz CT molecular complexity index is 1110. The van der Waals surface area contributed by atoms with Crippen molar-refractivity contribution >= 4 is 27.4 Å². The van der Waals surface area contributed by atoms with Crippen molar-refractivity contribution in [3.63, 3.8) is 0 Å². The van der Waals surface area contributed by atoms with E-state index in [1.807, 2.05) is 23.6 Å². The van der Waals surface area contributed by atoms with E-state index < -0.39 is 0 Å². The van der Waals surface area contributed by atoms with Gasteiger partial charge in [-0.2, -0.15) is 0 Å². The summed E-state index contributed by atoms with van der Waals surface area (Å²) in [6, 6.07) is 12.1. The van der Waals surface area contributed by atoms with Crippen molar-refractivity contribution in [2.24, 2.45) is 0 Å². The van der Waals surface area contributed by atoms with Crippen LogP contribution in [-0.2, 0) is 6.54 Å². The molecular formula is C21H18FN3O2S. The molecule has 28 heavy (non-hydrogen) atoms. The van der Waals surface area contributed by atoms with Gasteiger partial charge < -0.3 is 14.8 Å². The van der Waals surface area contributed by atoms with Gasteiger partial charge in [0.1, 0.15) is 34.3 Å². The van der Waals surface area contributed by atoms with Crippen molar-refractivity contribution in [2.45, 2.75) is 6.54 Å². The van der Waals surface area contributed by atoms with E-state index in [9.17, 15) is 4.39 Å². The Morgan fingerprint density at radius 3 is 2.61 bits per heavy atom. The number of nitrogens with zero attached hydrogens (tertiary/aromatic N) is 2. The summed E-state index contributed by atoms with van der Waals surface area (Å²) in [6.45, 7) is 0.505. The van der Waals surface area contributed by atoms with Crippen LogP contribution in [0.4, 0.5) is 10.2 Å². The fourth-order valence-corrected chi connectivity index (χ4v) is 3.97. The molecule has 4 aromatic rings. The molecule has 142 valence electrons. The first kappa shape index (κ1) is 18.2. The van der Waals surface area contributed by atoms with Crippen molar-refractivity contribution < 1.29 is 13.9 Å². The summed E-state index contributed by atoms with van der Waals surface area (Å²) in [7, 11) is 3.27. The quantitative estimate of drug-likeness (QED) is 0.491. The second-order valence-electron chi connectivity index (χ2n) is 6.09. The van der Waals surface area contributed by atoms with Crippen molar-refractivity contribution in [2.75, 3.05) is 19.5 Å². The molecule has 2 aromatic heterocycles. The molecule has 0 spiro atoms. The Morgan fingerprint density at radius 1 is 1.04 bits per heavy atom. The van der Waals surface area contributed by atoms with E-state index in [4.69, 9.17) is 9.47 Å². The molecular weight excluding hydrogens is 377 g/mol. The molecule has 0 unspecified atom stereocenters. The highest BCUT2D eigenvalue weighted by Gasteiger charge is 2.14. The van der Waals surface area contributed by atoms with Crippen LogP contribution < -0.4 is 14.8 Å². The Labute approximate surface area is 165 Å². The Balaban J connectivity index is 1.70. The number of benzene rings is 2. The number of hydrogen-bond acceptors (Lipinski definition) is 6. The number of halogens is 1. The molecule has 0 aliphatic heterocycles. The van der Waals surface area contributed by atoms with E-state index in [1.165, 1.54) is 23.5 Å². The molecule has 0 fully saturated rings. The van der Waals surface area contributed by atoms with Crippen LogP contribution in [0.1, 0.15) is 5.56 Å². The summed E-state index contributed by atoms with van der Waals surface area (Å²) < 4.78 is 24.1. The molecule has 0 aliphatic carbocycles. The number of anilines is 1. The number of thiophene rings is 1. The van der Waals surface area contributed by atoms with Crippen LogP contribution in [0.3, 0.4) is 0 Å². The third kappa shape index (κ3) is 3.48. The topological polar surface area (TPSA) is 56.3 Å². The minimum atomic E-state index is -0.261. The van der Waals surface area contributed by atoms with E-state index in [2.05, 4.69) is 15.3 Å². The minimum absolute atomic E-state index is 0.261. The van der Waals surface area contributed by atoms with E-state index in [1.54, 1.807) is 32.7 Å². The van der Waals surface area contributed by atoms with E-state index >= 15 is 0 Å². The second kappa shape index (κ2) is 7.82. The highest BCUT2D eigenvalue weighted by molar-refractivity contribution is 7.17. The van der Waals surface area contributed by atoms with Crippen LogP contribution in [0.2, 0.25) is 0 Å². The molecule has 2 aromatic carbocycles. The zero-order chi connectivity index (χ0) is 19.5. The number of rotatable bonds is 6. The normalized spacial score (nSPS) is 10.8. The first-order chi connectivity index (χ1) is 13.7. The van der Waals surface area contributed by atoms with Gasteiger partial charge in [-0.3, -0.25) is 0 Å². The van der Waals surface area contributed by atoms with Gasteiger partial charge in [0, 0.05) is 23.1 Å². The van der Waals surface area contributed by atoms with Gasteiger partial charge in [-0.1, -0.05) is 12.1 Å². The lowest BCUT2D eigenvalue weighted by molar-refractivity contribution is 0.399. The summed E-state index contributed by atoms with van der Waals surface area (Å²) >= 11 is 1.53. The Hall–Kier alpha value is -3.19. The average molecular weight is 395 g/mol. The van der Waals surface area contributed by atoms with Gasteiger partial charge >= 0.3 is 0 Å². The van der Waals surface area contributed by atoms with Gasteiger partial charge in [0.2, 0.25) is 0 Å². The Morgan fingerprint density at radius 2 is 1.86 bits per heavy atom. The highest BCUT2D eigenvalue weighted by Crippen LogP contribution is 2.37. The number of aromatic nitrogens is 2. The zero-order valence-electron chi connectivity index (χ0n) is 15.4. The first-order valence-electron chi connectivity index (χ1n) is 8.62. The molecule has 0 saturated carbocycles. The second-order valence-corrected chi connectivity index (χ2v) is 6.95. The van der Waals surface area contributed by atoms with E-state index in [0.717, 1.165) is 44.2 Å². The van der Waals surface area contributed by atoms with Gasteiger partial charge in [-0.05, 0) is 35.9 Å². The summed E-state index contributed by atoms with van der Waals surface area (Å²) in [5.41, 5.74) is 2.84. The largest absolute Gasteiger partial charge is 0.497 e. The molecule has 0 amide bonds. The van der Waals surface area contributed by atoms with E-state index in [0.29, 0.717) is 6.54 Å². The number of fused-ring (bicyclic) bond motifs is 1. The fourth-order valence-electron chi connectivity index (χ4n) is 3.05. The average Bonchev–Trinajstić information content (AvgIpc) is 3.17. The fraction of sp³-hybridized carbons (Fsp3) is 0.143. The van der Waals surface area contributed by atoms with Gasteiger partial charge in [-0.25, -0.2) is 14.4 Å². The minimum Gasteiger partial charge on any atom is -0.497 e. The molecule has 0 bridgehead atoms. The van der Waals surface area contributed by atoms with Gasteiger partial charge in [0.25, 0.3) is 0 Å². The molecule has 1 N–H and O–H groups in total. The standard InChI is InChI=1S/C21H18FN3O2S/c1-26-16-7-8-18(27-2)14(9-16)10-23-20-19-17(11-28-21(19)25-12-24-20)13-3-5-15(22)6-4-13/h3-9,11-12H,10H2,1-2H3,(H,23,24,25). The van der Waals surface area contributed by atoms with Crippen LogP contribution in [0, 0.1) is 5.82 Å². The number of methoxy groups -OCH3 is 2. The smallest absolute Gasteiger partial charge is 0.139 e. The van der Waals surface area contributed by atoms with Crippen molar-refractivity contribution in [1.82, 2.24) is 9.97 Å². The van der Waals surface area contributed by atoms with Crippen LogP contribution in [-0.4, -0.2) is 24.2 Å². The van der Waals surface area contributed by atoms with Crippen molar-refractivity contribution in [1.29, 1.82) is 0 Å². The predicted molar refractivity (Wildman–Crippen MR) is 110 cm³/mol. The molecule has 0 aliphatic rings. The summed E-state index contributed by atoms with van der Waals surface area (Å²) in [5.74, 6) is 1.98. The Kier molecular flexibility index (Phi) is 5.08. The summed E-state index contributed by atoms with van der Waals surface area (Å²) in [6.07, 6.45) is 1.54. The van der Waals surface area contributed by atoms with Crippen molar-refractivity contribution in [3.05, 3.63) is 65.6 Å². The first-order valence-corrected chi connectivity index (χ1v) is 9.50. The maximum Gasteiger partial charge on any atom is 0.139 e. The maximum atomic E-state index is 13.3. The van der Waals surface area contributed by atoms with Crippen LogP contribution in [0.15, 0.2) is 54.2 Å². The lowest BCUT2D eigenvalue weighted by Gasteiger charge is -2.13. The lowest BCUT2D eigenvalue weighted by Crippen LogP contribution is -2.04. The molecule has 4 rings (SSSR count). The molecule has 0 atom stereocenters. The van der Waals surface area contributed by atoms with Gasteiger partial charge in [0.15, 0.2) is 0 Å². The van der Waals surface area contributed by atoms with E-state index in [-0.39, 0.29) is 5.82 Å².